The zero-order valence-electron chi connectivity index (χ0n) is 10.8. The number of amides is 1. The van der Waals surface area contributed by atoms with Gasteiger partial charge < -0.3 is 10.2 Å². The lowest BCUT2D eigenvalue weighted by molar-refractivity contribution is 0.0795. The van der Waals surface area contributed by atoms with Gasteiger partial charge >= 0.3 is 0 Å². The van der Waals surface area contributed by atoms with Crippen molar-refractivity contribution in [3.05, 3.63) is 23.9 Å². The highest BCUT2D eigenvalue weighted by Crippen LogP contribution is 2.14. The first kappa shape index (κ1) is 14.5. The van der Waals surface area contributed by atoms with Gasteiger partial charge in [-0.25, -0.2) is 4.98 Å². The molecule has 0 aromatic carbocycles. The van der Waals surface area contributed by atoms with Crippen molar-refractivity contribution in [1.82, 2.24) is 9.88 Å². The summed E-state index contributed by atoms with van der Waals surface area (Å²) in [7, 11) is 0. The van der Waals surface area contributed by atoms with Crippen molar-refractivity contribution in [3.8, 4) is 12.1 Å². The zero-order valence-corrected chi connectivity index (χ0v) is 10.8. The van der Waals surface area contributed by atoms with E-state index < -0.39 is 0 Å². The van der Waals surface area contributed by atoms with E-state index in [1.807, 2.05) is 19.1 Å². The van der Waals surface area contributed by atoms with Crippen LogP contribution in [0.2, 0.25) is 0 Å². The van der Waals surface area contributed by atoms with Gasteiger partial charge in [0, 0.05) is 12.7 Å². The Morgan fingerprint density at radius 1 is 1.42 bits per heavy atom. The third-order valence-corrected chi connectivity index (χ3v) is 2.39. The van der Waals surface area contributed by atoms with Gasteiger partial charge in [0.05, 0.1) is 17.7 Å². The fourth-order valence-electron chi connectivity index (χ4n) is 1.50. The quantitative estimate of drug-likeness (QED) is 0.777. The van der Waals surface area contributed by atoms with Crippen LogP contribution in [0.25, 0.3) is 0 Å². The molecule has 0 radical (unpaired) electrons. The summed E-state index contributed by atoms with van der Waals surface area (Å²) < 4.78 is 0. The Morgan fingerprint density at radius 2 is 2.11 bits per heavy atom. The minimum Gasteiger partial charge on any atom is -0.369 e. The maximum Gasteiger partial charge on any atom is 0.259 e. The number of nitrogens with zero attached hydrogens (tertiary/aromatic N) is 4. The minimum absolute atomic E-state index is 0.117. The molecule has 0 aliphatic carbocycles. The summed E-state index contributed by atoms with van der Waals surface area (Å²) in [5.74, 6) is 0.116. The molecule has 0 aliphatic rings. The van der Waals surface area contributed by atoms with Crippen LogP contribution in [0.15, 0.2) is 18.3 Å². The molecule has 0 spiro atoms. The molecule has 6 nitrogen and oxygen atoms in total. The van der Waals surface area contributed by atoms with E-state index in [4.69, 9.17) is 10.5 Å². The Labute approximate surface area is 112 Å². The first-order valence-electron chi connectivity index (χ1n) is 5.96. The van der Waals surface area contributed by atoms with Crippen LogP contribution in [0.3, 0.4) is 0 Å². The van der Waals surface area contributed by atoms with Crippen LogP contribution in [0.4, 0.5) is 5.82 Å². The fraction of sp³-hybridized carbons (Fsp3) is 0.385. The molecule has 1 aromatic rings. The molecule has 98 valence electrons. The molecule has 0 atom stereocenters. The Kier molecular flexibility index (Phi) is 5.84. The summed E-state index contributed by atoms with van der Waals surface area (Å²) in [6, 6.07) is 7.05. The molecule has 1 N–H and O–H groups in total. The highest BCUT2D eigenvalue weighted by atomic mass is 16.2. The number of hydrogen-bond donors (Lipinski definition) is 1. The predicted octanol–water partition coefficient (Wildman–Crippen LogP) is 1.39. The third kappa shape index (κ3) is 3.97. The second-order valence-corrected chi connectivity index (χ2v) is 3.80. The van der Waals surface area contributed by atoms with Gasteiger partial charge in [-0.05, 0) is 18.6 Å². The number of nitrogens with one attached hydrogen (secondary N) is 1. The summed E-state index contributed by atoms with van der Waals surface area (Å²) in [5, 5.41) is 20.4. The smallest absolute Gasteiger partial charge is 0.259 e. The normalized spacial score (nSPS) is 9.21. The second kappa shape index (κ2) is 7.67. The molecule has 0 aliphatic heterocycles. The van der Waals surface area contributed by atoms with Crippen molar-refractivity contribution in [3.63, 3.8) is 0 Å². The molecule has 19 heavy (non-hydrogen) atoms. The van der Waals surface area contributed by atoms with Crippen LogP contribution in [0.1, 0.15) is 23.7 Å². The summed E-state index contributed by atoms with van der Waals surface area (Å²) in [4.78, 5) is 17.6. The summed E-state index contributed by atoms with van der Waals surface area (Å²) in [5.41, 5.74) is 0.376. The Bertz CT molecular complexity index is 499. The topological polar surface area (TPSA) is 92.8 Å². The Hall–Kier alpha value is -2.60. The van der Waals surface area contributed by atoms with Crippen molar-refractivity contribution in [2.24, 2.45) is 0 Å². The molecule has 0 fully saturated rings. The van der Waals surface area contributed by atoms with E-state index in [0.717, 1.165) is 6.42 Å². The SMILES string of the molecule is CCCNc1ncccc1C(=O)N(CC#N)CC#N. The number of rotatable bonds is 6. The summed E-state index contributed by atoms with van der Waals surface area (Å²) >= 11 is 0. The van der Waals surface area contributed by atoms with Gasteiger partial charge in [-0.3, -0.25) is 4.79 Å². The Balaban J connectivity index is 2.97. The third-order valence-electron chi connectivity index (χ3n) is 2.39. The number of pyridine rings is 1. The largest absolute Gasteiger partial charge is 0.369 e. The maximum atomic E-state index is 12.3. The van der Waals surface area contributed by atoms with Crippen LogP contribution in [-0.4, -0.2) is 35.4 Å². The minimum atomic E-state index is -0.366. The standard InChI is InChI=1S/C13H15N5O/c1-2-7-16-12-11(4-3-8-17-12)13(19)18(9-5-14)10-6-15/h3-4,8H,2,7,9-10H2,1H3,(H,16,17). The van der Waals surface area contributed by atoms with E-state index in [0.29, 0.717) is 17.9 Å². The van der Waals surface area contributed by atoms with E-state index in [-0.39, 0.29) is 19.0 Å². The lowest BCUT2D eigenvalue weighted by atomic mass is 10.2. The van der Waals surface area contributed by atoms with Crippen molar-refractivity contribution in [1.29, 1.82) is 10.5 Å². The van der Waals surface area contributed by atoms with E-state index in [1.165, 1.54) is 4.90 Å². The van der Waals surface area contributed by atoms with Crippen LogP contribution in [-0.2, 0) is 0 Å². The zero-order chi connectivity index (χ0) is 14.1. The molecule has 0 unspecified atom stereocenters. The second-order valence-electron chi connectivity index (χ2n) is 3.80. The molecule has 1 aromatic heterocycles. The van der Waals surface area contributed by atoms with Gasteiger partial charge in [0.1, 0.15) is 18.9 Å². The molecule has 1 heterocycles. The molecule has 0 bridgehead atoms. The molecule has 0 saturated carbocycles. The van der Waals surface area contributed by atoms with Gasteiger partial charge in [-0.15, -0.1) is 0 Å². The number of aromatic nitrogens is 1. The molecule has 1 rings (SSSR count). The molecular weight excluding hydrogens is 242 g/mol. The number of carbonyl (C=O) groups excluding carboxylic acids is 1. The molecular formula is C13H15N5O. The van der Waals surface area contributed by atoms with Crippen molar-refractivity contribution < 1.29 is 4.79 Å². The maximum absolute atomic E-state index is 12.3. The van der Waals surface area contributed by atoms with E-state index in [9.17, 15) is 4.79 Å². The first-order chi connectivity index (χ1) is 9.24. The first-order valence-corrected chi connectivity index (χ1v) is 5.96. The van der Waals surface area contributed by atoms with Crippen molar-refractivity contribution in [2.75, 3.05) is 25.0 Å². The van der Waals surface area contributed by atoms with E-state index in [2.05, 4.69) is 10.3 Å². The van der Waals surface area contributed by atoms with Gasteiger partial charge in [0.25, 0.3) is 5.91 Å². The number of carbonyl (C=O) groups is 1. The number of anilines is 1. The van der Waals surface area contributed by atoms with Crippen molar-refractivity contribution in [2.45, 2.75) is 13.3 Å². The fourth-order valence-corrected chi connectivity index (χ4v) is 1.50. The lowest BCUT2D eigenvalue weighted by Crippen LogP contribution is -2.32. The van der Waals surface area contributed by atoms with Crippen LogP contribution < -0.4 is 5.32 Å². The van der Waals surface area contributed by atoms with Crippen LogP contribution in [0.5, 0.6) is 0 Å². The average Bonchev–Trinajstić information content (AvgIpc) is 2.44. The number of nitriles is 2. The highest BCUT2D eigenvalue weighted by Gasteiger charge is 2.18. The van der Waals surface area contributed by atoms with E-state index in [1.54, 1.807) is 18.3 Å². The lowest BCUT2D eigenvalue weighted by Gasteiger charge is -2.17. The Morgan fingerprint density at radius 3 is 2.68 bits per heavy atom. The van der Waals surface area contributed by atoms with Gasteiger partial charge in [0.15, 0.2) is 0 Å². The molecule has 1 amide bonds. The van der Waals surface area contributed by atoms with E-state index >= 15 is 0 Å². The van der Waals surface area contributed by atoms with Gasteiger partial charge in [-0.1, -0.05) is 6.92 Å². The molecule has 0 saturated heterocycles. The summed E-state index contributed by atoms with van der Waals surface area (Å²) in [6.45, 7) is 2.48. The predicted molar refractivity (Wildman–Crippen MR) is 70.1 cm³/mol. The average molecular weight is 257 g/mol. The van der Waals surface area contributed by atoms with Crippen LogP contribution in [0, 0.1) is 22.7 Å². The highest BCUT2D eigenvalue weighted by molar-refractivity contribution is 5.98. The molecule has 6 heteroatoms. The van der Waals surface area contributed by atoms with Crippen LogP contribution >= 0.6 is 0 Å². The van der Waals surface area contributed by atoms with Gasteiger partial charge in [0.2, 0.25) is 0 Å². The number of hydrogen-bond acceptors (Lipinski definition) is 5. The van der Waals surface area contributed by atoms with Crippen molar-refractivity contribution >= 4 is 11.7 Å². The summed E-state index contributed by atoms with van der Waals surface area (Å²) in [6.07, 6.45) is 2.50. The monoisotopic (exact) mass is 257 g/mol. The van der Waals surface area contributed by atoms with Gasteiger partial charge in [-0.2, -0.15) is 10.5 Å².